The number of amides is 1. The van der Waals surface area contributed by atoms with Crippen LogP contribution < -0.4 is 5.32 Å². The maximum absolute atomic E-state index is 12.2. The highest BCUT2D eigenvalue weighted by Crippen LogP contribution is 2.14. The molecule has 2 aromatic rings. The molecule has 0 unspecified atom stereocenters. The smallest absolute Gasteiger partial charge is 0.338 e. The first-order chi connectivity index (χ1) is 11.8. The first kappa shape index (κ1) is 17.3. The minimum atomic E-state index is -3.09. The second-order valence-electron chi connectivity index (χ2n) is 5.92. The predicted octanol–water partition coefficient (Wildman–Crippen LogP) is 0.478. The van der Waals surface area contributed by atoms with Gasteiger partial charge in [0.25, 0.3) is 5.91 Å². The average Bonchev–Trinajstić information content (AvgIpc) is 2.92. The van der Waals surface area contributed by atoms with Gasteiger partial charge in [-0.2, -0.15) is 0 Å². The highest BCUT2D eigenvalue weighted by molar-refractivity contribution is 7.91. The Morgan fingerprint density at radius 2 is 1.96 bits per heavy atom. The van der Waals surface area contributed by atoms with Gasteiger partial charge in [-0.1, -0.05) is 0 Å². The zero-order valence-corrected chi connectivity index (χ0v) is 14.3. The van der Waals surface area contributed by atoms with Crippen LogP contribution in [0.3, 0.4) is 0 Å². The molecule has 0 bridgehead atoms. The lowest BCUT2D eigenvalue weighted by Crippen LogP contribution is -2.42. The van der Waals surface area contributed by atoms with Gasteiger partial charge in [-0.05, 0) is 31.5 Å². The van der Waals surface area contributed by atoms with Gasteiger partial charge in [0.15, 0.2) is 15.9 Å². The summed E-state index contributed by atoms with van der Waals surface area (Å²) in [7, 11) is -3.09. The van der Waals surface area contributed by atoms with Crippen molar-refractivity contribution < 1.29 is 22.7 Å². The molecule has 8 nitrogen and oxygen atoms in total. The molecule has 0 saturated carbocycles. The summed E-state index contributed by atoms with van der Waals surface area (Å²) in [4.78, 5) is 32.5. The molecule has 1 aromatic heterocycles. The fraction of sp³-hybridized carbons (Fsp3) is 0.375. The van der Waals surface area contributed by atoms with E-state index >= 15 is 0 Å². The van der Waals surface area contributed by atoms with Gasteiger partial charge in [-0.25, -0.2) is 13.2 Å². The van der Waals surface area contributed by atoms with E-state index < -0.39 is 33.9 Å². The molecule has 132 valence electrons. The van der Waals surface area contributed by atoms with Crippen LogP contribution >= 0.6 is 0 Å². The van der Waals surface area contributed by atoms with Crippen LogP contribution in [0.2, 0.25) is 0 Å². The number of carbonyl (C=O) groups is 2. The zero-order chi connectivity index (χ0) is 18.0. The largest absolute Gasteiger partial charge is 0.449 e. The maximum atomic E-state index is 12.2. The molecule has 1 N–H and O–H groups in total. The van der Waals surface area contributed by atoms with Crippen LogP contribution in [0.25, 0.3) is 11.0 Å². The van der Waals surface area contributed by atoms with Crippen molar-refractivity contribution in [2.45, 2.75) is 25.5 Å². The Hall–Kier alpha value is -2.55. The van der Waals surface area contributed by atoms with Crippen molar-refractivity contribution in [2.75, 3.05) is 11.5 Å². The third-order valence-corrected chi connectivity index (χ3v) is 5.70. The molecule has 0 aliphatic carbocycles. The molecule has 0 spiro atoms. The lowest BCUT2D eigenvalue weighted by atomic mass is 10.2. The second-order valence-corrected chi connectivity index (χ2v) is 8.14. The van der Waals surface area contributed by atoms with Crippen LogP contribution in [-0.2, 0) is 19.4 Å². The highest BCUT2D eigenvalue weighted by Gasteiger charge is 2.30. The Balaban J connectivity index is 1.62. The van der Waals surface area contributed by atoms with E-state index in [1.807, 2.05) is 0 Å². The Morgan fingerprint density at radius 3 is 2.64 bits per heavy atom. The summed E-state index contributed by atoms with van der Waals surface area (Å²) in [6.07, 6.45) is 2.41. The van der Waals surface area contributed by atoms with Crippen molar-refractivity contribution in [3.63, 3.8) is 0 Å². The molecule has 1 aromatic carbocycles. The number of carbonyl (C=O) groups excluding carboxylic acids is 2. The summed E-state index contributed by atoms with van der Waals surface area (Å²) < 4.78 is 28.0. The molecule has 9 heteroatoms. The van der Waals surface area contributed by atoms with Crippen LogP contribution in [0.1, 0.15) is 23.7 Å². The molecule has 3 rings (SSSR count). The van der Waals surface area contributed by atoms with Crippen molar-refractivity contribution in [1.29, 1.82) is 0 Å². The van der Waals surface area contributed by atoms with Gasteiger partial charge >= 0.3 is 5.97 Å². The molecule has 1 fully saturated rings. The van der Waals surface area contributed by atoms with E-state index in [4.69, 9.17) is 4.74 Å². The molecule has 25 heavy (non-hydrogen) atoms. The standard InChI is InChI=1S/C16H17N3O5S/c1-10(15(20)19-12-4-7-25(22,23)9-12)24-16(21)11-2-3-13-14(8-11)18-6-5-17-13/h2-3,5-6,8,10,12H,4,7,9H2,1H3,(H,19,20)/t10-,12+/m1/s1. The van der Waals surface area contributed by atoms with Crippen LogP contribution in [0.5, 0.6) is 0 Å². The van der Waals surface area contributed by atoms with Crippen LogP contribution in [0.4, 0.5) is 0 Å². The van der Waals surface area contributed by atoms with Gasteiger partial charge in [0, 0.05) is 18.4 Å². The number of aromatic nitrogens is 2. The predicted molar refractivity (Wildman–Crippen MR) is 89.6 cm³/mol. The zero-order valence-electron chi connectivity index (χ0n) is 13.5. The third-order valence-electron chi connectivity index (χ3n) is 3.94. The Labute approximate surface area is 144 Å². The molecule has 1 amide bonds. The van der Waals surface area contributed by atoms with Gasteiger partial charge in [0.1, 0.15) is 0 Å². The summed E-state index contributed by atoms with van der Waals surface area (Å²) >= 11 is 0. The topological polar surface area (TPSA) is 115 Å². The van der Waals surface area contributed by atoms with E-state index in [1.54, 1.807) is 24.4 Å². The lowest BCUT2D eigenvalue weighted by Gasteiger charge is -2.16. The monoisotopic (exact) mass is 363 g/mol. The van der Waals surface area contributed by atoms with E-state index in [1.165, 1.54) is 13.1 Å². The Kier molecular flexibility index (Phi) is 4.67. The minimum absolute atomic E-state index is 0.0598. The quantitative estimate of drug-likeness (QED) is 0.786. The molecule has 1 aliphatic rings. The first-order valence-corrected chi connectivity index (χ1v) is 9.59. The average molecular weight is 363 g/mol. The summed E-state index contributed by atoms with van der Waals surface area (Å²) in [6.45, 7) is 1.44. The van der Waals surface area contributed by atoms with Gasteiger partial charge in [-0.15, -0.1) is 0 Å². The van der Waals surface area contributed by atoms with Gasteiger partial charge in [0.05, 0.1) is 28.1 Å². The second kappa shape index (κ2) is 6.75. The fourth-order valence-corrected chi connectivity index (χ4v) is 4.27. The molecular formula is C16H17N3O5S. The SMILES string of the molecule is C[C@@H](OC(=O)c1ccc2nccnc2c1)C(=O)N[C@H]1CCS(=O)(=O)C1. The minimum Gasteiger partial charge on any atom is -0.449 e. The van der Waals surface area contributed by atoms with E-state index in [2.05, 4.69) is 15.3 Å². The fourth-order valence-electron chi connectivity index (χ4n) is 2.60. The van der Waals surface area contributed by atoms with E-state index in [9.17, 15) is 18.0 Å². The number of fused-ring (bicyclic) bond motifs is 1. The van der Waals surface area contributed by atoms with Gasteiger partial charge in [-0.3, -0.25) is 14.8 Å². The number of hydrogen-bond acceptors (Lipinski definition) is 7. The Morgan fingerprint density at radius 1 is 1.24 bits per heavy atom. The van der Waals surface area contributed by atoms with Crippen LogP contribution in [0, 0.1) is 0 Å². The van der Waals surface area contributed by atoms with Gasteiger partial charge in [0.2, 0.25) is 0 Å². The summed E-state index contributed by atoms with van der Waals surface area (Å²) in [6, 6.07) is 4.30. The molecule has 2 atom stereocenters. The molecular weight excluding hydrogens is 346 g/mol. The lowest BCUT2D eigenvalue weighted by molar-refractivity contribution is -0.129. The third kappa shape index (κ3) is 4.11. The van der Waals surface area contributed by atoms with E-state index in [0.29, 0.717) is 17.5 Å². The highest BCUT2D eigenvalue weighted by atomic mass is 32.2. The van der Waals surface area contributed by atoms with E-state index in [-0.39, 0.29) is 17.1 Å². The first-order valence-electron chi connectivity index (χ1n) is 7.76. The normalized spacial score (nSPS) is 20.1. The van der Waals surface area contributed by atoms with E-state index in [0.717, 1.165) is 0 Å². The molecule has 0 radical (unpaired) electrons. The number of ether oxygens (including phenoxy) is 1. The number of rotatable bonds is 4. The summed E-state index contributed by atoms with van der Waals surface area (Å²) in [5, 5.41) is 2.60. The number of nitrogens with one attached hydrogen (secondary N) is 1. The maximum Gasteiger partial charge on any atom is 0.338 e. The van der Waals surface area contributed by atoms with Crippen molar-refractivity contribution >= 4 is 32.7 Å². The number of esters is 1. The summed E-state index contributed by atoms with van der Waals surface area (Å²) in [5.74, 6) is -1.20. The van der Waals surface area contributed by atoms with Crippen LogP contribution in [-0.4, -0.2) is 53.9 Å². The Bertz CT molecular complexity index is 928. The van der Waals surface area contributed by atoms with Gasteiger partial charge < -0.3 is 10.1 Å². The molecule has 1 saturated heterocycles. The van der Waals surface area contributed by atoms with Crippen molar-refractivity contribution in [1.82, 2.24) is 15.3 Å². The number of sulfone groups is 1. The van der Waals surface area contributed by atoms with Crippen molar-refractivity contribution in [3.05, 3.63) is 36.2 Å². The summed E-state index contributed by atoms with van der Waals surface area (Å²) in [5.41, 5.74) is 1.45. The van der Waals surface area contributed by atoms with Crippen LogP contribution in [0.15, 0.2) is 30.6 Å². The molecule has 1 aliphatic heterocycles. The number of hydrogen-bond donors (Lipinski definition) is 1. The van der Waals surface area contributed by atoms with Crippen molar-refractivity contribution in [2.24, 2.45) is 0 Å². The number of benzene rings is 1. The van der Waals surface area contributed by atoms with Crippen molar-refractivity contribution in [3.8, 4) is 0 Å². The number of nitrogens with zero attached hydrogens (tertiary/aromatic N) is 2. The molecule has 2 heterocycles.